The molecule has 1 amide bonds. The molecule has 0 saturated carbocycles. The second-order valence-corrected chi connectivity index (χ2v) is 7.70. The van der Waals surface area contributed by atoms with E-state index in [1.54, 1.807) is 13.0 Å². The number of halogens is 1. The van der Waals surface area contributed by atoms with Crippen molar-refractivity contribution in [2.24, 2.45) is 0 Å². The third-order valence-corrected chi connectivity index (χ3v) is 5.51. The highest BCUT2D eigenvalue weighted by molar-refractivity contribution is 6.30. The number of aryl methyl sites for hydroxylation is 1. The Balaban J connectivity index is 1.50. The summed E-state index contributed by atoms with van der Waals surface area (Å²) >= 11 is 6.01. The van der Waals surface area contributed by atoms with Crippen LogP contribution in [0.25, 0.3) is 0 Å². The van der Waals surface area contributed by atoms with Gasteiger partial charge >= 0.3 is 0 Å². The number of likely N-dealkylation sites (tertiary alicyclic amines) is 1. The largest absolute Gasteiger partial charge is 0.486 e. The van der Waals surface area contributed by atoms with Gasteiger partial charge in [-0.25, -0.2) is 0 Å². The quantitative estimate of drug-likeness (QED) is 0.754. The smallest absolute Gasteiger partial charge is 0.263 e. The van der Waals surface area contributed by atoms with Crippen molar-refractivity contribution in [3.8, 4) is 17.2 Å². The first-order valence-corrected chi connectivity index (χ1v) is 10.0. The summed E-state index contributed by atoms with van der Waals surface area (Å²) in [6.45, 7) is 5.57. The Morgan fingerprint density at radius 2 is 1.96 bits per heavy atom. The zero-order valence-electron chi connectivity index (χ0n) is 16.1. The minimum atomic E-state index is -0.572. The lowest BCUT2D eigenvalue weighted by molar-refractivity contribution is -0.138. The molecule has 2 atom stereocenters. The molecule has 0 aliphatic carbocycles. The van der Waals surface area contributed by atoms with Crippen LogP contribution >= 0.6 is 11.6 Å². The Morgan fingerprint density at radius 3 is 2.75 bits per heavy atom. The van der Waals surface area contributed by atoms with Crippen LogP contribution < -0.4 is 14.2 Å². The molecule has 5 nitrogen and oxygen atoms in total. The molecule has 2 heterocycles. The van der Waals surface area contributed by atoms with Crippen molar-refractivity contribution in [1.82, 2.24) is 4.90 Å². The number of ether oxygens (including phenoxy) is 3. The average Bonchev–Trinajstić information content (AvgIpc) is 3.19. The van der Waals surface area contributed by atoms with Crippen LogP contribution in [0.4, 0.5) is 0 Å². The summed E-state index contributed by atoms with van der Waals surface area (Å²) in [6, 6.07) is 11.4. The minimum absolute atomic E-state index is 0.00765. The molecular weight excluding hydrogens is 378 g/mol. The van der Waals surface area contributed by atoms with Gasteiger partial charge in [-0.2, -0.15) is 0 Å². The Kier molecular flexibility index (Phi) is 5.36. The molecule has 148 valence electrons. The molecule has 2 aliphatic rings. The Hall–Kier alpha value is -2.40. The number of nitrogens with zero attached hydrogens (tertiary/aromatic N) is 1. The molecule has 0 aromatic heterocycles. The summed E-state index contributed by atoms with van der Waals surface area (Å²) < 4.78 is 17.3. The SMILES string of the molecule is Cc1cc(Cl)ccc1OC(C)C(=O)N1CCCC1c1ccc2c(c1)OCCO2. The van der Waals surface area contributed by atoms with E-state index in [4.69, 9.17) is 25.8 Å². The summed E-state index contributed by atoms with van der Waals surface area (Å²) in [6.07, 6.45) is 1.33. The number of carbonyl (C=O) groups excluding carboxylic acids is 1. The van der Waals surface area contributed by atoms with Crippen molar-refractivity contribution in [2.75, 3.05) is 19.8 Å². The lowest BCUT2D eigenvalue weighted by Gasteiger charge is -2.29. The summed E-state index contributed by atoms with van der Waals surface area (Å²) in [7, 11) is 0. The van der Waals surface area contributed by atoms with Gasteiger partial charge in [-0.15, -0.1) is 0 Å². The average molecular weight is 402 g/mol. The number of amides is 1. The molecule has 4 rings (SSSR count). The van der Waals surface area contributed by atoms with E-state index in [2.05, 4.69) is 0 Å². The maximum Gasteiger partial charge on any atom is 0.263 e. The predicted molar refractivity (Wildman–Crippen MR) is 107 cm³/mol. The summed E-state index contributed by atoms with van der Waals surface area (Å²) in [5.41, 5.74) is 1.99. The van der Waals surface area contributed by atoms with Gasteiger partial charge in [0, 0.05) is 11.6 Å². The number of fused-ring (bicyclic) bond motifs is 1. The first kappa shape index (κ1) is 18.9. The Bertz CT molecular complexity index is 885. The highest BCUT2D eigenvalue weighted by Crippen LogP contribution is 2.38. The van der Waals surface area contributed by atoms with Crippen LogP contribution in [0.5, 0.6) is 17.2 Å². The Labute approximate surface area is 170 Å². The lowest BCUT2D eigenvalue weighted by Crippen LogP contribution is -2.40. The first-order chi connectivity index (χ1) is 13.5. The van der Waals surface area contributed by atoms with Crippen LogP contribution in [0.15, 0.2) is 36.4 Å². The van der Waals surface area contributed by atoms with E-state index in [9.17, 15) is 4.79 Å². The van der Waals surface area contributed by atoms with Crippen molar-refractivity contribution in [2.45, 2.75) is 38.8 Å². The van der Waals surface area contributed by atoms with Crippen LogP contribution in [-0.2, 0) is 4.79 Å². The van der Waals surface area contributed by atoms with Crippen molar-refractivity contribution >= 4 is 17.5 Å². The zero-order valence-corrected chi connectivity index (χ0v) is 16.9. The predicted octanol–water partition coefficient (Wildman–Crippen LogP) is 4.55. The van der Waals surface area contributed by atoms with E-state index < -0.39 is 6.10 Å². The fourth-order valence-electron chi connectivity index (χ4n) is 3.86. The van der Waals surface area contributed by atoms with Crippen molar-refractivity contribution in [3.63, 3.8) is 0 Å². The fraction of sp³-hybridized carbons (Fsp3) is 0.409. The van der Waals surface area contributed by atoms with E-state index in [1.807, 2.05) is 42.2 Å². The standard InChI is InChI=1S/C22H24ClNO4/c1-14-12-17(23)6-8-19(14)28-15(2)22(25)24-9-3-4-18(24)16-5-7-20-21(13-16)27-11-10-26-20/h5-8,12-13,15,18H,3-4,9-11H2,1-2H3. The zero-order chi connectivity index (χ0) is 19.7. The molecule has 1 saturated heterocycles. The van der Waals surface area contributed by atoms with E-state index >= 15 is 0 Å². The van der Waals surface area contributed by atoms with Gasteiger partial charge in [-0.05, 0) is 68.1 Å². The summed E-state index contributed by atoms with van der Waals surface area (Å²) in [5, 5.41) is 0.655. The summed E-state index contributed by atoms with van der Waals surface area (Å²) in [4.78, 5) is 15.0. The molecule has 0 bridgehead atoms. The Morgan fingerprint density at radius 1 is 1.18 bits per heavy atom. The number of carbonyl (C=O) groups is 1. The van der Waals surface area contributed by atoms with Gasteiger partial charge in [0.05, 0.1) is 6.04 Å². The highest BCUT2D eigenvalue weighted by Gasteiger charge is 2.34. The van der Waals surface area contributed by atoms with Crippen molar-refractivity contribution in [3.05, 3.63) is 52.5 Å². The second kappa shape index (κ2) is 7.92. The van der Waals surface area contributed by atoms with E-state index in [-0.39, 0.29) is 11.9 Å². The lowest BCUT2D eigenvalue weighted by atomic mass is 10.0. The second-order valence-electron chi connectivity index (χ2n) is 7.26. The number of hydrogen-bond acceptors (Lipinski definition) is 4. The van der Waals surface area contributed by atoms with Gasteiger partial charge < -0.3 is 19.1 Å². The molecule has 2 aliphatic heterocycles. The maximum absolute atomic E-state index is 13.1. The fourth-order valence-corrected chi connectivity index (χ4v) is 4.09. The first-order valence-electron chi connectivity index (χ1n) is 9.66. The van der Waals surface area contributed by atoms with Gasteiger partial charge in [-0.3, -0.25) is 4.79 Å². The monoisotopic (exact) mass is 401 g/mol. The van der Waals surface area contributed by atoms with Crippen molar-refractivity contribution < 1.29 is 19.0 Å². The van der Waals surface area contributed by atoms with Gasteiger partial charge in [0.2, 0.25) is 0 Å². The number of rotatable bonds is 4. The van der Waals surface area contributed by atoms with Gasteiger partial charge in [0.15, 0.2) is 17.6 Å². The molecular formula is C22H24ClNO4. The molecule has 1 fully saturated rings. The molecule has 2 aromatic rings. The molecule has 0 N–H and O–H groups in total. The van der Waals surface area contributed by atoms with Crippen LogP contribution in [0.3, 0.4) is 0 Å². The van der Waals surface area contributed by atoms with E-state index in [1.165, 1.54) is 0 Å². The van der Waals surface area contributed by atoms with Gasteiger partial charge in [0.1, 0.15) is 19.0 Å². The van der Waals surface area contributed by atoms with Gasteiger partial charge in [-0.1, -0.05) is 17.7 Å². The molecule has 28 heavy (non-hydrogen) atoms. The molecule has 2 aromatic carbocycles. The topological polar surface area (TPSA) is 48.0 Å². The molecule has 0 spiro atoms. The van der Waals surface area contributed by atoms with E-state index in [0.717, 1.165) is 42.0 Å². The van der Waals surface area contributed by atoms with E-state index in [0.29, 0.717) is 24.0 Å². The molecule has 6 heteroatoms. The third-order valence-electron chi connectivity index (χ3n) is 5.28. The maximum atomic E-state index is 13.1. The van der Waals surface area contributed by atoms with Crippen molar-refractivity contribution in [1.29, 1.82) is 0 Å². The summed E-state index contributed by atoms with van der Waals surface area (Å²) in [5.74, 6) is 2.19. The highest BCUT2D eigenvalue weighted by atomic mass is 35.5. The van der Waals surface area contributed by atoms with Crippen LogP contribution in [0.1, 0.15) is 36.9 Å². The third kappa shape index (κ3) is 3.76. The van der Waals surface area contributed by atoms with Crippen LogP contribution in [0.2, 0.25) is 5.02 Å². The van der Waals surface area contributed by atoms with Crippen LogP contribution in [0, 0.1) is 6.92 Å². The van der Waals surface area contributed by atoms with Gasteiger partial charge in [0.25, 0.3) is 5.91 Å². The van der Waals surface area contributed by atoms with Crippen LogP contribution in [-0.4, -0.2) is 36.7 Å². The minimum Gasteiger partial charge on any atom is -0.486 e. The normalized spacial score (nSPS) is 19.4. The number of benzene rings is 2. The number of hydrogen-bond donors (Lipinski definition) is 0. The molecule has 0 radical (unpaired) electrons. The molecule has 2 unspecified atom stereocenters.